The van der Waals surface area contributed by atoms with E-state index in [0.717, 1.165) is 12.8 Å². The van der Waals surface area contributed by atoms with Gasteiger partial charge < -0.3 is 4.55 Å². The summed E-state index contributed by atoms with van der Waals surface area (Å²) in [4.78, 5) is 0. The van der Waals surface area contributed by atoms with E-state index in [9.17, 15) is 4.55 Å². The Morgan fingerprint density at radius 1 is 0.441 bits per heavy atom. The van der Waals surface area contributed by atoms with Crippen LogP contribution in [-0.2, 0) is 11.2 Å². The van der Waals surface area contributed by atoms with Gasteiger partial charge in [-0.2, -0.15) is 0 Å². The topological polar surface area (TPSA) is 23.1 Å². The minimum Gasteiger partial charge on any atom is -0.616 e. The lowest BCUT2D eigenvalue weighted by molar-refractivity contribution is 0.455. The summed E-state index contributed by atoms with van der Waals surface area (Å²) in [6.07, 6.45) is 29.5. The minimum atomic E-state index is -0.662. The fourth-order valence-electron chi connectivity index (χ4n) is 5.35. The molecule has 0 amide bonds. The van der Waals surface area contributed by atoms with E-state index in [4.69, 9.17) is 0 Å². The number of unbranched alkanes of at least 4 members (excludes halogenated alkanes) is 16. The zero-order valence-electron chi connectivity index (χ0n) is 24.7. The van der Waals surface area contributed by atoms with Crippen LogP contribution in [0.1, 0.15) is 183 Å². The fraction of sp³-hybridized carbons (Fsp3) is 1.00. The lowest BCUT2D eigenvalue weighted by atomic mass is 10.0. The van der Waals surface area contributed by atoms with Gasteiger partial charge in [0.1, 0.15) is 10.5 Å². The molecule has 0 aliphatic heterocycles. The summed E-state index contributed by atoms with van der Waals surface area (Å²) in [6, 6.07) is 0. The van der Waals surface area contributed by atoms with Crippen LogP contribution in [0.15, 0.2) is 0 Å². The number of hydrogen-bond acceptors (Lipinski definition) is 1. The largest absolute Gasteiger partial charge is 0.616 e. The third-order valence-corrected chi connectivity index (χ3v) is 9.56. The second kappa shape index (κ2) is 25.0. The van der Waals surface area contributed by atoms with Gasteiger partial charge in [-0.25, -0.2) is 0 Å². The fourth-order valence-corrected chi connectivity index (χ4v) is 7.84. The highest BCUT2D eigenvalue weighted by molar-refractivity contribution is 7.92. The van der Waals surface area contributed by atoms with Crippen molar-refractivity contribution in [1.29, 1.82) is 0 Å². The van der Waals surface area contributed by atoms with Crippen molar-refractivity contribution in [2.75, 3.05) is 0 Å². The van der Waals surface area contributed by atoms with Gasteiger partial charge in [-0.3, -0.25) is 0 Å². The van der Waals surface area contributed by atoms with Crippen LogP contribution in [0, 0.1) is 11.8 Å². The summed E-state index contributed by atoms with van der Waals surface area (Å²) >= 11 is -0.662. The zero-order chi connectivity index (χ0) is 25.4. The molecule has 0 spiro atoms. The Hall–Kier alpha value is 0.310. The summed E-state index contributed by atoms with van der Waals surface area (Å²) in [5, 5.41) is 0.846. The van der Waals surface area contributed by atoms with Crippen LogP contribution in [0.3, 0.4) is 0 Å². The Balaban J connectivity index is 4.37. The molecular formula is C32H66OS. The van der Waals surface area contributed by atoms with Crippen LogP contribution >= 0.6 is 0 Å². The Bertz CT molecular complexity index is 358. The normalized spacial score (nSPS) is 14.7. The van der Waals surface area contributed by atoms with Crippen molar-refractivity contribution in [3.63, 3.8) is 0 Å². The monoisotopic (exact) mass is 498 g/mol. The molecule has 0 aromatic carbocycles. The molecule has 2 atom stereocenters. The molecule has 0 rings (SSSR count). The zero-order valence-corrected chi connectivity index (χ0v) is 25.5. The number of hydrogen-bond donors (Lipinski definition) is 0. The van der Waals surface area contributed by atoms with Gasteiger partial charge in [0.25, 0.3) is 0 Å². The standard InChI is InChI=1S/C32H66OS/c1-7-9-11-13-15-17-19-21-23-25-31(27-29(3)4)34(33)32(28-30(5)6)26-24-22-20-18-16-14-12-10-8-2/h29-32H,7-28H2,1-6H3. The van der Waals surface area contributed by atoms with Gasteiger partial charge in [-0.1, -0.05) is 144 Å². The van der Waals surface area contributed by atoms with E-state index in [1.54, 1.807) is 0 Å². The van der Waals surface area contributed by atoms with Gasteiger partial charge in [0.15, 0.2) is 0 Å². The van der Waals surface area contributed by atoms with Gasteiger partial charge in [-0.15, -0.1) is 0 Å². The van der Waals surface area contributed by atoms with Crippen molar-refractivity contribution in [3.05, 3.63) is 0 Å². The second-order valence-corrected chi connectivity index (χ2v) is 14.1. The predicted octanol–water partition coefficient (Wildman–Crippen LogP) is 11.4. The Kier molecular flexibility index (Phi) is 25.2. The van der Waals surface area contributed by atoms with Gasteiger partial charge in [0.05, 0.1) is 0 Å². The molecule has 0 aliphatic carbocycles. The van der Waals surface area contributed by atoms with Crippen molar-refractivity contribution < 1.29 is 4.55 Å². The summed E-state index contributed by atoms with van der Waals surface area (Å²) in [5.74, 6) is 1.31. The molecule has 206 valence electrons. The highest BCUT2D eigenvalue weighted by Gasteiger charge is 2.31. The highest BCUT2D eigenvalue weighted by Crippen LogP contribution is 2.29. The van der Waals surface area contributed by atoms with E-state index in [1.807, 2.05) is 0 Å². The molecule has 2 unspecified atom stereocenters. The molecule has 0 heterocycles. The van der Waals surface area contributed by atoms with E-state index in [1.165, 1.54) is 128 Å². The maximum atomic E-state index is 13.8. The number of rotatable bonds is 26. The van der Waals surface area contributed by atoms with Crippen LogP contribution < -0.4 is 0 Å². The molecule has 1 nitrogen and oxygen atoms in total. The predicted molar refractivity (Wildman–Crippen MR) is 158 cm³/mol. The van der Waals surface area contributed by atoms with E-state index in [2.05, 4.69) is 41.5 Å². The summed E-state index contributed by atoms with van der Waals surface area (Å²) in [6.45, 7) is 13.9. The SMILES string of the molecule is CCCCCCCCCCCC(CC(C)C)[S+]([O-])C(CCCCCCCCCCC)CC(C)C. The summed E-state index contributed by atoms with van der Waals surface area (Å²) in [5.41, 5.74) is 0. The molecule has 0 bridgehead atoms. The molecule has 0 fully saturated rings. The maximum Gasteiger partial charge on any atom is 0.116 e. The Morgan fingerprint density at radius 2 is 0.706 bits per heavy atom. The Morgan fingerprint density at radius 3 is 0.971 bits per heavy atom. The first-order chi connectivity index (χ1) is 16.4. The van der Waals surface area contributed by atoms with Crippen LogP contribution in [0.5, 0.6) is 0 Å². The van der Waals surface area contributed by atoms with Crippen molar-refractivity contribution in [3.8, 4) is 0 Å². The van der Waals surface area contributed by atoms with Crippen LogP contribution in [-0.4, -0.2) is 15.1 Å². The average Bonchev–Trinajstić information content (AvgIpc) is 2.79. The molecule has 0 N–H and O–H groups in total. The van der Waals surface area contributed by atoms with Crippen molar-refractivity contribution in [2.24, 2.45) is 11.8 Å². The van der Waals surface area contributed by atoms with Gasteiger partial charge in [0, 0.05) is 0 Å². The lowest BCUT2D eigenvalue weighted by Gasteiger charge is -2.31. The van der Waals surface area contributed by atoms with E-state index < -0.39 is 11.2 Å². The second-order valence-electron chi connectivity index (χ2n) is 12.1. The minimum absolute atomic E-state index is 0.423. The molecule has 0 saturated carbocycles. The average molecular weight is 499 g/mol. The third-order valence-electron chi connectivity index (χ3n) is 7.38. The molecule has 0 saturated heterocycles. The molecule has 2 heteroatoms. The summed E-state index contributed by atoms with van der Waals surface area (Å²) in [7, 11) is 0. The van der Waals surface area contributed by atoms with Crippen molar-refractivity contribution in [1.82, 2.24) is 0 Å². The molecule has 0 aromatic rings. The lowest BCUT2D eigenvalue weighted by Crippen LogP contribution is -2.34. The van der Waals surface area contributed by atoms with Crippen LogP contribution in [0.2, 0.25) is 0 Å². The first-order valence-corrected chi connectivity index (χ1v) is 17.1. The van der Waals surface area contributed by atoms with E-state index in [-0.39, 0.29) is 0 Å². The van der Waals surface area contributed by atoms with Crippen molar-refractivity contribution >= 4 is 11.2 Å². The first-order valence-electron chi connectivity index (χ1n) is 15.8. The Labute approximate surface area is 220 Å². The van der Waals surface area contributed by atoms with Crippen LogP contribution in [0.4, 0.5) is 0 Å². The van der Waals surface area contributed by atoms with Gasteiger partial charge >= 0.3 is 0 Å². The maximum absolute atomic E-state index is 13.8. The summed E-state index contributed by atoms with van der Waals surface area (Å²) < 4.78 is 13.8. The van der Waals surface area contributed by atoms with E-state index in [0.29, 0.717) is 22.3 Å². The molecule has 34 heavy (non-hydrogen) atoms. The third kappa shape index (κ3) is 21.6. The molecular weight excluding hydrogens is 432 g/mol. The smallest absolute Gasteiger partial charge is 0.116 e. The molecule has 0 aromatic heterocycles. The quantitative estimate of drug-likeness (QED) is 0.0858. The van der Waals surface area contributed by atoms with Gasteiger partial charge in [-0.05, 0) is 61.5 Å². The highest BCUT2D eigenvalue weighted by atomic mass is 32.2. The van der Waals surface area contributed by atoms with E-state index >= 15 is 0 Å². The van der Waals surface area contributed by atoms with Crippen molar-refractivity contribution in [2.45, 2.75) is 193 Å². The molecule has 0 radical (unpaired) electrons. The molecule has 0 aliphatic rings. The van der Waals surface area contributed by atoms with Crippen LogP contribution in [0.25, 0.3) is 0 Å². The first kappa shape index (κ1) is 34.3. The van der Waals surface area contributed by atoms with Gasteiger partial charge in [0.2, 0.25) is 0 Å².